The second kappa shape index (κ2) is 3.14. The van der Waals surface area contributed by atoms with E-state index in [1.54, 1.807) is 6.29 Å². The van der Waals surface area contributed by atoms with E-state index in [1.807, 2.05) is 24.3 Å². The van der Waals surface area contributed by atoms with Crippen molar-refractivity contribution in [3.8, 4) is 0 Å². The Kier molecular flexibility index (Phi) is 1.98. The first-order valence-corrected chi connectivity index (χ1v) is 4.58. The van der Waals surface area contributed by atoms with E-state index in [-0.39, 0.29) is 11.4 Å². The molecule has 4 heteroatoms. The molecular weight excluding hydrogens is 186 g/mol. The fourth-order valence-corrected chi connectivity index (χ4v) is 2.12. The summed E-state index contributed by atoms with van der Waals surface area (Å²) in [6.07, 6.45) is 1.72. The first-order chi connectivity index (χ1) is 6.33. The molecule has 2 rings (SSSR count). The Morgan fingerprint density at radius 3 is 2.92 bits per heavy atom. The molecule has 0 aliphatic carbocycles. The molecule has 0 fully saturated rings. The van der Waals surface area contributed by atoms with Gasteiger partial charge in [-0.25, -0.2) is 0 Å². The number of benzene rings is 1. The van der Waals surface area contributed by atoms with Crippen LogP contribution in [0.2, 0.25) is 0 Å². The fraction of sp³-hybridized carbons (Fsp3) is 0.111. The van der Waals surface area contributed by atoms with Gasteiger partial charge in [-0.1, -0.05) is 23.5 Å². The summed E-state index contributed by atoms with van der Waals surface area (Å²) < 4.78 is 2.33. The van der Waals surface area contributed by atoms with Crippen molar-refractivity contribution in [2.24, 2.45) is 0 Å². The van der Waals surface area contributed by atoms with E-state index in [0.717, 1.165) is 21.6 Å². The van der Waals surface area contributed by atoms with Crippen molar-refractivity contribution >= 4 is 27.8 Å². The number of hydrogen-bond acceptors (Lipinski definition) is 3. The van der Waals surface area contributed by atoms with Crippen molar-refractivity contribution < 1.29 is 4.79 Å². The number of carbonyl (C=O) groups excluding carboxylic acids is 1. The summed E-state index contributed by atoms with van der Waals surface area (Å²) >= 11 is 1.15. The third-order valence-corrected chi connectivity index (χ3v) is 2.76. The lowest BCUT2D eigenvalue weighted by Crippen LogP contribution is -2.13. The maximum atomic E-state index is 11.3. The highest BCUT2D eigenvalue weighted by atomic mass is 32.1. The minimum absolute atomic E-state index is 0.0167. The van der Waals surface area contributed by atoms with Gasteiger partial charge in [0.15, 0.2) is 0 Å². The first kappa shape index (κ1) is 8.19. The summed E-state index contributed by atoms with van der Waals surface area (Å²) in [6.45, 7) is 0.0167. The van der Waals surface area contributed by atoms with Gasteiger partial charge in [-0.15, -0.1) is 0 Å². The summed E-state index contributed by atoms with van der Waals surface area (Å²) in [5.74, 6) is 0. The van der Waals surface area contributed by atoms with E-state index in [0.29, 0.717) is 0 Å². The molecule has 65 valence electrons. The lowest BCUT2D eigenvalue weighted by molar-refractivity contribution is 0.546. The Labute approximate surface area is 78.2 Å². The SMILES string of the molecule is O=[C]Cn1c(=O)sc2ccccc21. The van der Waals surface area contributed by atoms with E-state index in [9.17, 15) is 9.59 Å². The Morgan fingerprint density at radius 2 is 2.15 bits per heavy atom. The molecule has 0 spiro atoms. The monoisotopic (exact) mass is 192 g/mol. The van der Waals surface area contributed by atoms with Crippen LogP contribution in [0.25, 0.3) is 10.2 Å². The molecule has 1 heterocycles. The van der Waals surface area contributed by atoms with Crippen LogP contribution in [-0.2, 0) is 11.3 Å². The molecule has 0 amide bonds. The van der Waals surface area contributed by atoms with Crippen molar-refractivity contribution in [2.75, 3.05) is 0 Å². The second-order valence-electron chi connectivity index (χ2n) is 2.57. The van der Waals surface area contributed by atoms with Gasteiger partial charge in [-0.2, -0.15) is 0 Å². The molecule has 2 aromatic rings. The van der Waals surface area contributed by atoms with Crippen LogP contribution in [0, 0.1) is 0 Å². The Bertz CT molecular complexity index is 498. The molecule has 0 aliphatic heterocycles. The Balaban J connectivity index is 2.78. The minimum atomic E-state index is -0.107. The number of aromatic nitrogens is 1. The molecule has 0 atom stereocenters. The van der Waals surface area contributed by atoms with Crippen molar-refractivity contribution in [2.45, 2.75) is 6.54 Å². The van der Waals surface area contributed by atoms with Gasteiger partial charge in [0.05, 0.1) is 16.8 Å². The number of nitrogens with zero attached hydrogens (tertiary/aromatic N) is 1. The molecular formula is C9H6NO2S. The zero-order chi connectivity index (χ0) is 9.26. The highest BCUT2D eigenvalue weighted by Crippen LogP contribution is 2.15. The minimum Gasteiger partial charge on any atom is -0.291 e. The summed E-state index contributed by atoms with van der Waals surface area (Å²) in [6, 6.07) is 7.40. The van der Waals surface area contributed by atoms with Crippen molar-refractivity contribution in [3.63, 3.8) is 0 Å². The van der Waals surface area contributed by atoms with Crippen LogP contribution >= 0.6 is 11.3 Å². The molecule has 1 aromatic carbocycles. The van der Waals surface area contributed by atoms with Gasteiger partial charge in [0, 0.05) is 0 Å². The van der Waals surface area contributed by atoms with Gasteiger partial charge in [-0.3, -0.25) is 14.2 Å². The van der Waals surface area contributed by atoms with E-state index in [4.69, 9.17) is 0 Å². The van der Waals surface area contributed by atoms with Gasteiger partial charge < -0.3 is 0 Å². The predicted octanol–water partition coefficient (Wildman–Crippen LogP) is 1.17. The van der Waals surface area contributed by atoms with E-state index < -0.39 is 0 Å². The van der Waals surface area contributed by atoms with Crippen molar-refractivity contribution in [1.29, 1.82) is 0 Å². The lowest BCUT2D eigenvalue weighted by atomic mass is 10.3. The summed E-state index contributed by atoms with van der Waals surface area (Å²) in [5, 5.41) is 0. The van der Waals surface area contributed by atoms with Crippen LogP contribution in [0.1, 0.15) is 0 Å². The third kappa shape index (κ3) is 1.29. The molecule has 0 bridgehead atoms. The maximum Gasteiger partial charge on any atom is 0.308 e. The lowest BCUT2D eigenvalue weighted by Gasteiger charge is -1.94. The predicted molar refractivity (Wildman–Crippen MR) is 51.8 cm³/mol. The highest BCUT2D eigenvalue weighted by Gasteiger charge is 2.04. The van der Waals surface area contributed by atoms with Gasteiger partial charge in [0.1, 0.15) is 0 Å². The molecule has 0 aliphatic rings. The van der Waals surface area contributed by atoms with Gasteiger partial charge in [0.2, 0.25) is 6.29 Å². The average molecular weight is 192 g/mol. The summed E-state index contributed by atoms with van der Waals surface area (Å²) in [7, 11) is 0. The fourth-order valence-electron chi connectivity index (χ4n) is 1.23. The zero-order valence-corrected chi connectivity index (χ0v) is 7.50. The summed E-state index contributed by atoms with van der Waals surface area (Å²) in [4.78, 5) is 21.4. The van der Waals surface area contributed by atoms with Crippen molar-refractivity contribution in [3.05, 3.63) is 33.9 Å². The molecule has 0 saturated heterocycles. The quantitative estimate of drug-likeness (QED) is 0.716. The number of fused-ring (bicyclic) bond motifs is 1. The van der Waals surface area contributed by atoms with Crippen LogP contribution in [0.5, 0.6) is 0 Å². The standard InChI is InChI=1S/C9H6NO2S/c11-6-5-10-7-3-1-2-4-8(7)13-9(10)12/h1-4H,5H2. The zero-order valence-electron chi connectivity index (χ0n) is 6.69. The van der Waals surface area contributed by atoms with Crippen LogP contribution in [0.4, 0.5) is 0 Å². The van der Waals surface area contributed by atoms with Crippen LogP contribution in [0.15, 0.2) is 29.1 Å². The van der Waals surface area contributed by atoms with Gasteiger partial charge in [-0.05, 0) is 12.1 Å². The molecule has 0 N–H and O–H groups in total. The average Bonchev–Trinajstić information content (AvgIpc) is 2.44. The van der Waals surface area contributed by atoms with Crippen molar-refractivity contribution in [1.82, 2.24) is 4.57 Å². The van der Waals surface area contributed by atoms with Crippen LogP contribution in [-0.4, -0.2) is 10.9 Å². The van der Waals surface area contributed by atoms with Gasteiger partial charge >= 0.3 is 4.87 Å². The Hall–Kier alpha value is -1.42. The molecule has 1 radical (unpaired) electrons. The van der Waals surface area contributed by atoms with Gasteiger partial charge in [0.25, 0.3) is 0 Å². The third-order valence-electron chi connectivity index (χ3n) is 1.80. The normalized spacial score (nSPS) is 10.5. The molecule has 0 saturated carbocycles. The second-order valence-corrected chi connectivity index (χ2v) is 3.56. The highest BCUT2D eigenvalue weighted by molar-refractivity contribution is 7.16. The number of thiazole rings is 1. The van der Waals surface area contributed by atoms with E-state index in [2.05, 4.69) is 0 Å². The molecule has 13 heavy (non-hydrogen) atoms. The Morgan fingerprint density at radius 1 is 1.38 bits per heavy atom. The number of rotatable bonds is 2. The smallest absolute Gasteiger partial charge is 0.291 e. The van der Waals surface area contributed by atoms with E-state index in [1.165, 1.54) is 4.57 Å². The van der Waals surface area contributed by atoms with E-state index >= 15 is 0 Å². The largest absolute Gasteiger partial charge is 0.308 e. The maximum absolute atomic E-state index is 11.3. The van der Waals surface area contributed by atoms with Crippen LogP contribution < -0.4 is 4.87 Å². The summed E-state index contributed by atoms with van der Waals surface area (Å²) in [5.41, 5.74) is 0.806. The topological polar surface area (TPSA) is 39.1 Å². The molecule has 3 nitrogen and oxygen atoms in total. The first-order valence-electron chi connectivity index (χ1n) is 3.76. The number of hydrogen-bond donors (Lipinski definition) is 0. The number of para-hydroxylation sites is 1. The molecule has 1 aromatic heterocycles. The van der Waals surface area contributed by atoms with Crippen LogP contribution in [0.3, 0.4) is 0 Å². The molecule has 0 unspecified atom stereocenters.